The van der Waals surface area contributed by atoms with Gasteiger partial charge in [0.1, 0.15) is 6.54 Å². The molecule has 3 N–H and O–H groups in total. The Bertz CT molecular complexity index is 361. The molecule has 0 radical (unpaired) electrons. The fourth-order valence-corrected chi connectivity index (χ4v) is 1.01. The lowest BCUT2D eigenvalue weighted by Crippen LogP contribution is -2.47. The van der Waals surface area contributed by atoms with Crippen molar-refractivity contribution in [2.45, 2.75) is 26.1 Å². The fraction of sp³-hybridized carbons (Fsp3) is 0.636. The van der Waals surface area contributed by atoms with Gasteiger partial charge in [-0.05, 0) is 5.92 Å². The van der Waals surface area contributed by atoms with Crippen molar-refractivity contribution in [1.82, 2.24) is 16.0 Å². The first kappa shape index (κ1) is 17.1. The third-order valence-corrected chi connectivity index (χ3v) is 2.03. The van der Waals surface area contributed by atoms with Crippen LogP contribution < -0.4 is 16.0 Å². The maximum absolute atomic E-state index is 11.8. The molecular formula is C11H16F3N3O2. The molecule has 0 unspecified atom stereocenters. The predicted molar refractivity (Wildman–Crippen MR) is 63.1 cm³/mol. The van der Waals surface area contributed by atoms with Crippen LogP contribution in [-0.2, 0) is 4.79 Å². The molecule has 0 saturated carbocycles. The molecule has 0 saturated heterocycles. The van der Waals surface area contributed by atoms with Crippen LogP contribution in [0, 0.1) is 18.3 Å². The van der Waals surface area contributed by atoms with Gasteiger partial charge in [0, 0.05) is 0 Å². The van der Waals surface area contributed by atoms with Gasteiger partial charge in [-0.15, -0.1) is 6.42 Å². The lowest BCUT2D eigenvalue weighted by atomic mass is 10.1. The second kappa shape index (κ2) is 7.51. The van der Waals surface area contributed by atoms with E-state index in [2.05, 4.69) is 16.6 Å². The Morgan fingerprint density at radius 3 is 2.26 bits per heavy atom. The highest BCUT2D eigenvalue weighted by Crippen LogP contribution is 2.11. The average Bonchev–Trinajstić information content (AvgIpc) is 2.29. The average molecular weight is 279 g/mol. The van der Waals surface area contributed by atoms with Crippen LogP contribution in [0.4, 0.5) is 18.0 Å². The summed E-state index contributed by atoms with van der Waals surface area (Å²) in [7, 11) is 0. The largest absolute Gasteiger partial charge is 0.405 e. The van der Waals surface area contributed by atoms with Gasteiger partial charge in [0.25, 0.3) is 0 Å². The number of amides is 3. The van der Waals surface area contributed by atoms with E-state index >= 15 is 0 Å². The minimum absolute atomic E-state index is 0.00481. The first-order valence-electron chi connectivity index (χ1n) is 5.49. The minimum Gasteiger partial charge on any atom is -0.345 e. The highest BCUT2D eigenvalue weighted by atomic mass is 19.4. The molecule has 0 rings (SSSR count). The number of alkyl halides is 3. The first-order valence-corrected chi connectivity index (χ1v) is 5.49. The van der Waals surface area contributed by atoms with Crippen molar-refractivity contribution < 1.29 is 22.8 Å². The number of nitrogens with one attached hydrogen (secondary N) is 3. The van der Waals surface area contributed by atoms with Gasteiger partial charge in [-0.1, -0.05) is 19.8 Å². The molecular weight excluding hydrogens is 263 g/mol. The number of hydrogen-bond donors (Lipinski definition) is 3. The van der Waals surface area contributed by atoms with Gasteiger partial charge in [-0.3, -0.25) is 4.79 Å². The number of rotatable bonds is 5. The molecule has 0 heterocycles. The van der Waals surface area contributed by atoms with Crippen LogP contribution in [0.3, 0.4) is 0 Å². The zero-order chi connectivity index (χ0) is 15.1. The van der Waals surface area contributed by atoms with Crippen molar-refractivity contribution in [1.29, 1.82) is 0 Å². The van der Waals surface area contributed by atoms with E-state index in [-0.39, 0.29) is 5.92 Å². The zero-order valence-electron chi connectivity index (χ0n) is 10.6. The van der Waals surface area contributed by atoms with E-state index in [1.54, 1.807) is 19.2 Å². The second-order valence-corrected chi connectivity index (χ2v) is 4.11. The van der Waals surface area contributed by atoms with Crippen LogP contribution in [0.2, 0.25) is 0 Å². The van der Waals surface area contributed by atoms with Crippen molar-refractivity contribution in [2.24, 2.45) is 5.92 Å². The SMILES string of the molecule is C#C[C@H](NC(=O)NCC(=O)NCC(F)(F)F)C(C)C. The monoisotopic (exact) mass is 279 g/mol. The van der Waals surface area contributed by atoms with Gasteiger partial charge >= 0.3 is 12.2 Å². The number of carbonyl (C=O) groups excluding carboxylic acids is 2. The van der Waals surface area contributed by atoms with Crippen LogP contribution in [-0.4, -0.2) is 37.2 Å². The standard InChI is InChI=1S/C11H16F3N3O2/c1-4-8(7(2)3)17-10(19)15-5-9(18)16-6-11(12,13)14/h1,7-8H,5-6H2,2-3H3,(H,16,18)(H2,15,17,19)/t8-/m0/s1. The molecule has 3 amide bonds. The van der Waals surface area contributed by atoms with Crippen molar-refractivity contribution >= 4 is 11.9 Å². The van der Waals surface area contributed by atoms with E-state index in [4.69, 9.17) is 6.42 Å². The molecule has 0 spiro atoms. The Hall–Kier alpha value is -1.91. The third-order valence-electron chi connectivity index (χ3n) is 2.03. The Morgan fingerprint density at radius 1 is 1.26 bits per heavy atom. The maximum atomic E-state index is 11.8. The Kier molecular flexibility index (Phi) is 6.75. The van der Waals surface area contributed by atoms with Gasteiger partial charge in [-0.25, -0.2) is 4.79 Å². The van der Waals surface area contributed by atoms with Crippen LogP contribution in [0.5, 0.6) is 0 Å². The summed E-state index contributed by atoms with van der Waals surface area (Å²) in [4.78, 5) is 22.3. The van der Waals surface area contributed by atoms with Crippen molar-refractivity contribution in [3.63, 3.8) is 0 Å². The topological polar surface area (TPSA) is 70.2 Å². The lowest BCUT2D eigenvalue weighted by molar-refractivity contribution is -0.137. The number of hydrogen-bond acceptors (Lipinski definition) is 2. The van der Waals surface area contributed by atoms with Crippen LogP contribution in [0.15, 0.2) is 0 Å². The summed E-state index contributed by atoms with van der Waals surface area (Å²) in [5.41, 5.74) is 0. The summed E-state index contributed by atoms with van der Waals surface area (Å²) in [5, 5.41) is 6.14. The minimum atomic E-state index is -4.48. The Labute approximate surface area is 109 Å². The second-order valence-electron chi connectivity index (χ2n) is 4.11. The quantitative estimate of drug-likeness (QED) is 0.646. The molecule has 0 fully saturated rings. The molecule has 0 aromatic rings. The van der Waals surface area contributed by atoms with Crippen LogP contribution >= 0.6 is 0 Å². The summed E-state index contributed by atoms with van der Waals surface area (Å²) < 4.78 is 35.4. The normalized spacial score (nSPS) is 12.5. The summed E-state index contributed by atoms with van der Waals surface area (Å²) in [6, 6.07) is -1.22. The predicted octanol–water partition coefficient (Wildman–Crippen LogP) is 0.622. The molecule has 0 bridgehead atoms. The van der Waals surface area contributed by atoms with E-state index in [1.165, 1.54) is 0 Å². The van der Waals surface area contributed by atoms with Gasteiger partial charge < -0.3 is 16.0 Å². The molecule has 8 heteroatoms. The molecule has 0 aliphatic heterocycles. The zero-order valence-corrected chi connectivity index (χ0v) is 10.6. The summed E-state index contributed by atoms with van der Waals surface area (Å²) in [6.45, 7) is 1.59. The molecule has 19 heavy (non-hydrogen) atoms. The van der Waals surface area contributed by atoms with Crippen LogP contribution in [0.25, 0.3) is 0 Å². The van der Waals surface area contributed by atoms with E-state index in [0.29, 0.717) is 0 Å². The highest BCUT2D eigenvalue weighted by molar-refractivity contribution is 5.84. The molecule has 0 aromatic carbocycles. The van der Waals surface area contributed by atoms with Crippen molar-refractivity contribution in [3.8, 4) is 12.3 Å². The maximum Gasteiger partial charge on any atom is 0.405 e. The summed E-state index contributed by atoms with van der Waals surface area (Å²) >= 11 is 0. The third kappa shape index (κ3) is 8.77. The van der Waals surface area contributed by atoms with Gasteiger partial charge in [0.15, 0.2) is 0 Å². The Morgan fingerprint density at radius 2 is 1.84 bits per heavy atom. The molecule has 108 valence electrons. The molecule has 0 aliphatic carbocycles. The molecule has 5 nitrogen and oxygen atoms in total. The van der Waals surface area contributed by atoms with E-state index in [9.17, 15) is 22.8 Å². The molecule has 1 atom stereocenters. The number of urea groups is 1. The summed E-state index contributed by atoms with van der Waals surface area (Å²) in [6.07, 6.45) is 0.695. The van der Waals surface area contributed by atoms with E-state index in [1.807, 2.05) is 0 Å². The number of terminal acetylenes is 1. The molecule has 0 aliphatic rings. The number of halogens is 3. The van der Waals surface area contributed by atoms with Crippen molar-refractivity contribution in [2.75, 3.05) is 13.1 Å². The van der Waals surface area contributed by atoms with Gasteiger partial charge in [-0.2, -0.15) is 13.2 Å². The van der Waals surface area contributed by atoms with E-state index in [0.717, 1.165) is 0 Å². The first-order chi connectivity index (χ1) is 8.65. The fourth-order valence-electron chi connectivity index (χ4n) is 1.01. The van der Waals surface area contributed by atoms with Crippen LogP contribution in [0.1, 0.15) is 13.8 Å². The smallest absolute Gasteiger partial charge is 0.345 e. The van der Waals surface area contributed by atoms with Gasteiger partial charge in [0.05, 0.1) is 12.6 Å². The number of carbonyl (C=O) groups is 2. The highest BCUT2D eigenvalue weighted by Gasteiger charge is 2.27. The van der Waals surface area contributed by atoms with Crippen molar-refractivity contribution in [3.05, 3.63) is 0 Å². The lowest BCUT2D eigenvalue weighted by Gasteiger charge is -2.17. The van der Waals surface area contributed by atoms with Gasteiger partial charge in [0.2, 0.25) is 5.91 Å². The summed E-state index contributed by atoms with van der Waals surface area (Å²) in [5.74, 6) is 1.40. The van der Waals surface area contributed by atoms with E-state index < -0.39 is 37.2 Å². The Balaban J connectivity index is 3.97. The molecule has 0 aromatic heterocycles.